The van der Waals surface area contributed by atoms with Crippen molar-refractivity contribution in [2.45, 2.75) is 18.7 Å². The molecule has 0 heterocycles. The summed E-state index contributed by atoms with van der Waals surface area (Å²) in [6.45, 7) is 2.88. The Hall–Kier alpha value is -2.74. The average molecular weight is 363 g/mol. The number of hydrogen-bond donors (Lipinski definition) is 0. The molecule has 0 aliphatic heterocycles. The van der Waals surface area contributed by atoms with E-state index < -0.39 is 16.7 Å². The van der Waals surface area contributed by atoms with E-state index in [1.807, 2.05) is 0 Å². The number of ether oxygens (including phenoxy) is 1. The number of rotatable bonds is 6. The van der Waals surface area contributed by atoms with Crippen molar-refractivity contribution < 1.29 is 23.6 Å². The molecule has 0 bridgehead atoms. The van der Waals surface area contributed by atoms with Crippen molar-refractivity contribution in [3.05, 3.63) is 63.5 Å². The van der Waals surface area contributed by atoms with Gasteiger partial charge in [-0.1, -0.05) is 6.07 Å². The lowest BCUT2D eigenvalue weighted by molar-refractivity contribution is -0.385. The average Bonchev–Trinajstić information content (AvgIpc) is 2.53. The van der Waals surface area contributed by atoms with Crippen molar-refractivity contribution in [2.24, 2.45) is 0 Å². The van der Waals surface area contributed by atoms with Crippen LogP contribution in [-0.4, -0.2) is 22.4 Å². The second-order valence-electron chi connectivity index (χ2n) is 5.17. The van der Waals surface area contributed by atoms with Gasteiger partial charge >= 0.3 is 5.97 Å². The van der Waals surface area contributed by atoms with Crippen LogP contribution in [0, 0.1) is 22.9 Å². The van der Waals surface area contributed by atoms with Gasteiger partial charge in [0.2, 0.25) is 0 Å². The van der Waals surface area contributed by atoms with Crippen LogP contribution in [0.4, 0.5) is 10.1 Å². The monoisotopic (exact) mass is 363 g/mol. The molecule has 2 rings (SSSR count). The molecular formula is C17H14FNO5S. The number of esters is 1. The summed E-state index contributed by atoms with van der Waals surface area (Å²) < 4.78 is 19.0. The van der Waals surface area contributed by atoms with Crippen molar-refractivity contribution in [3.63, 3.8) is 0 Å². The van der Waals surface area contributed by atoms with E-state index in [-0.39, 0.29) is 33.4 Å². The van der Waals surface area contributed by atoms with Gasteiger partial charge in [0, 0.05) is 22.1 Å². The lowest BCUT2D eigenvalue weighted by Crippen LogP contribution is -2.11. The molecule has 8 heteroatoms. The van der Waals surface area contributed by atoms with Crippen molar-refractivity contribution in [2.75, 3.05) is 5.75 Å². The second kappa shape index (κ2) is 7.89. The van der Waals surface area contributed by atoms with E-state index >= 15 is 0 Å². The van der Waals surface area contributed by atoms with Gasteiger partial charge in [0.1, 0.15) is 11.6 Å². The maximum Gasteiger partial charge on any atom is 0.321 e. The van der Waals surface area contributed by atoms with Crippen molar-refractivity contribution in [1.82, 2.24) is 0 Å². The van der Waals surface area contributed by atoms with Crippen molar-refractivity contribution >= 4 is 29.2 Å². The summed E-state index contributed by atoms with van der Waals surface area (Å²) in [4.78, 5) is 33.5. The molecule has 0 fully saturated rings. The summed E-state index contributed by atoms with van der Waals surface area (Å²) >= 11 is 0.938. The number of halogens is 1. The number of aryl methyl sites for hydroxylation is 1. The Kier molecular flexibility index (Phi) is 5.87. The van der Waals surface area contributed by atoms with E-state index in [2.05, 4.69) is 0 Å². The summed E-state index contributed by atoms with van der Waals surface area (Å²) in [5, 5.41) is 10.8. The van der Waals surface area contributed by atoms with Crippen molar-refractivity contribution in [3.8, 4) is 5.75 Å². The Labute approximate surface area is 147 Å². The number of nitro groups is 1. The molecule has 25 heavy (non-hydrogen) atoms. The first-order chi connectivity index (χ1) is 11.8. The zero-order chi connectivity index (χ0) is 18.6. The minimum atomic E-state index is -0.617. The van der Waals surface area contributed by atoms with E-state index in [9.17, 15) is 24.1 Å². The zero-order valence-corrected chi connectivity index (χ0v) is 14.3. The molecule has 2 aromatic carbocycles. The molecule has 0 aliphatic carbocycles. The van der Waals surface area contributed by atoms with Gasteiger partial charge < -0.3 is 4.74 Å². The smallest absolute Gasteiger partial charge is 0.321 e. The molecule has 0 aliphatic rings. The third-order valence-corrected chi connectivity index (χ3v) is 4.30. The number of carbonyl (C=O) groups is 2. The van der Waals surface area contributed by atoms with E-state index in [1.165, 1.54) is 44.2 Å². The largest absolute Gasteiger partial charge is 0.426 e. The number of Topliss-reactive ketones (excluding diaryl/α,β-unsaturated/α-hetero) is 1. The molecule has 0 unspecified atom stereocenters. The van der Waals surface area contributed by atoms with Crippen LogP contribution in [0.1, 0.15) is 22.8 Å². The summed E-state index contributed by atoms with van der Waals surface area (Å²) in [5.74, 6) is -1.42. The number of hydrogen-bond acceptors (Lipinski definition) is 6. The molecule has 0 spiro atoms. The Bertz CT molecular complexity index is 853. The highest BCUT2D eigenvalue weighted by molar-refractivity contribution is 8.00. The standard InChI is InChI=1S/C17H14FNO5S/c1-10-7-13(4-5-15(10)19(22)23)24-17(21)9-25-16-6-3-12(11(2)20)8-14(16)18/h3-8H,9H2,1-2H3. The highest BCUT2D eigenvalue weighted by Gasteiger charge is 2.14. The SMILES string of the molecule is CC(=O)c1ccc(SCC(=O)Oc2ccc([N+](=O)[O-])c(C)c2)c(F)c1. The topological polar surface area (TPSA) is 86.5 Å². The first-order valence-corrected chi connectivity index (χ1v) is 8.15. The van der Waals surface area contributed by atoms with Gasteiger partial charge in [0.15, 0.2) is 5.78 Å². The molecule has 130 valence electrons. The molecule has 0 amide bonds. The minimum absolute atomic E-state index is 0.0678. The molecule has 0 saturated carbocycles. The summed E-state index contributed by atoms with van der Waals surface area (Å²) in [6.07, 6.45) is 0. The van der Waals surface area contributed by atoms with Crippen LogP contribution < -0.4 is 4.74 Å². The van der Waals surface area contributed by atoms with Crippen LogP contribution in [0.3, 0.4) is 0 Å². The first-order valence-electron chi connectivity index (χ1n) is 7.17. The fourth-order valence-electron chi connectivity index (χ4n) is 2.03. The van der Waals surface area contributed by atoms with E-state index in [4.69, 9.17) is 4.74 Å². The number of benzene rings is 2. The van der Waals surface area contributed by atoms with E-state index in [1.54, 1.807) is 0 Å². The van der Waals surface area contributed by atoms with Crippen LogP contribution >= 0.6 is 11.8 Å². The fraction of sp³-hybridized carbons (Fsp3) is 0.176. The van der Waals surface area contributed by atoms with Gasteiger partial charge in [0.05, 0.1) is 10.7 Å². The fourth-order valence-corrected chi connectivity index (χ4v) is 2.72. The quantitative estimate of drug-likeness (QED) is 0.193. The number of thioether (sulfide) groups is 1. The Balaban J connectivity index is 1.98. The third kappa shape index (κ3) is 4.87. The highest BCUT2D eigenvalue weighted by Crippen LogP contribution is 2.25. The minimum Gasteiger partial charge on any atom is -0.426 e. The first kappa shape index (κ1) is 18.6. The Morgan fingerprint density at radius 1 is 1.24 bits per heavy atom. The molecule has 0 radical (unpaired) electrons. The predicted molar refractivity (Wildman–Crippen MR) is 90.6 cm³/mol. The maximum atomic E-state index is 13.9. The molecule has 0 N–H and O–H groups in total. The lowest BCUT2D eigenvalue weighted by Gasteiger charge is -2.06. The normalized spacial score (nSPS) is 10.4. The summed E-state index contributed by atoms with van der Waals surface area (Å²) in [6, 6.07) is 8.01. The molecule has 0 aromatic heterocycles. The second-order valence-corrected chi connectivity index (χ2v) is 6.19. The van der Waals surface area contributed by atoms with Gasteiger partial charge in [-0.05, 0) is 38.1 Å². The van der Waals surface area contributed by atoms with Gasteiger partial charge in [-0.3, -0.25) is 19.7 Å². The number of ketones is 1. The Morgan fingerprint density at radius 3 is 2.52 bits per heavy atom. The van der Waals surface area contributed by atoms with E-state index in [0.29, 0.717) is 5.56 Å². The predicted octanol–water partition coefficient (Wildman–Crippen LogP) is 3.94. The van der Waals surface area contributed by atoms with Crippen LogP contribution in [0.25, 0.3) is 0 Å². The number of carbonyl (C=O) groups excluding carboxylic acids is 2. The number of nitrogens with zero attached hydrogens (tertiary/aromatic N) is 1. The summed E-state index contributed by atoms with van der Waals surface area (Å²) in [5.41, 5.74) is 0.557. The van der Waals surface area contributed by atoms with Gasteiger partial charge in [-0.15, -0.1) is 11.8 Å². The highest BCUT2D eigenvalue weighted by atomic mass is 32.2. The van der Waals surface area contributed by atoms with Crippen LogP contribution in [0.5, 0.6) is 5.75 Å². The molecule has 0 atom stereocenters. The van der Waals surface area contributed by atoms with Gasteiger partial charge in [0.25, 0.3) is 5.69 Å². The van der Waals surface area contributed by atoms with E-state index in [0.717, 1.165) is 17.8 Å². The molecule has 2 aromatic rings. The zero-order valence-electron chi connectivity index (χ0n) is 13.4. The molecule has 0 saturated heterocycles. The van der Waals surface area contributed by atoms with Crippen LogP contribution in [0.15, 0.2) is 41.3 Å². The molecule has 6 nitrogen and oxygen atoms in total. The third-order valence-electron chi connectivity index (χ3n) is 3.28. The lowest BCUT2D eigenvalue weighted by atomic mass is 10.1. The summed E-state index contributed by atoms with van der Waals surface area (Å²) in [7, 11) is 0. The van der Waals surface area contributed by atoms with Crippen LogP contribution in [0.2, 0.25) is 0 Å². The van der Waals surface area contributed by atoms with Gasteiger partial charge in [-0.2, -0.15) is 0 Å². The Morgan fingerprint density at radius 2 is 1.96 bits per heavy atom. The molecular weight excluding hydrogens is 349 g/mol. The van der Waals surface area contributed by atoms with Gasteiger partial charge in [-0.25, -0.2) is 4.39 Å². The number of nitro benzene ring substituents is 1. The van der Waals surface area contributed by atoms with Crippen LogP contribution in [-0.2, 0) is 4.79 Å². The maximum absolute atomic E-state index is 13.9. The van der Waals surface area contributed by atoms with Crippen molar-refractivity contribution in [1.29, 1.82) is 0 Å².